The van der Waals surface area contributed by atoms with E-state index in [1.165, 1.54) is 12.1 Å². The van der Waals surface area contributed by atoms with Crippen molar-refractivity contribution in [1.82, 2.24) is 16.0 Å². The number of aromatic hydroxyl groups is 6. The van der Waals surface area contributed by atoms with Gasteiger partial charge in [-0.2, -0.15) is 0 Å². The van der Waals surface area contributed by atoms with Gasteiger partial charge in [-0.15, -0.1) is 0 Å². The van der Waals surface area contributed by atoms with Crippen molar-refractivity contribution < 1.29 is 78.4 Å². The molecular formula is C34H33N3O16. The predicted molar refractivity (Wildman–Crippen MR) is 175 cm³/mol. The second-order valence-corrected chi connectivity index (χ2v) is 11.7. The van der Waals surface area contributed by atoms with Crippen LogP contribution in [-0.4, -0.2) is 110 Å². The van der Waals surface area contributed by atoms with Crippen molar-refractivity contribution in [1.29, 1.82) is 0 Å². The molecule has 1 saturated heterocycles. The number of esters is 3. The molecule has 0 unspecified atom stereocenters. The first-order chi connectivity index (χ1) is 25.0. The molecule has 0 aromatic heterocycles. The highest BCUT2D eigenvalue weighted by Gasteiger charge is 2.35. The van der Waals surface area contributed by atoms with E-state index in [1.807, 2.05) is 0 Å². The van der Waals surface area contributed by atoms with Crippen LogP contribution in [0.4, 0.5) is 0 Å². The molecule has 0 radical (unpaired) electrons. The van der Waals surface area contributed by atoms with Gasteiger partial charge in [0.2, 0.25) is 0 Å². The van der Waals surface area contributed by atoms with Gasteiger partial charge in [0.1, 0.15) is 19.8 Å². The van der Waals surface area contributed by atoms with Crippen LogP contribution in [0.5, 0.6) is 34.5 Å². The summed E-state index contributed by atoms with van der Waals surface area (Å²) in [5, 5.41) is 66.9. The van der Waals surface area contributed by atoms with Gasteiger partial charge in [0.25, 0.3) is 17.7 Å². The highest BCUT2D eigenvalue weighted by atomic mass is 16.6. The van der Waals surface area contributed by atoms with Gasteiger partial charge in [0, 0.05) is 11.5 Å². The molecule has 280 valence electrons. The van der Waals surface area contributed by atoms with Crippen LogP contribution in [0.2, 0.25) is 0 Å². The number of rotatable bonds is 8. The molecule has 0 spiro atoms. The molecule has 1 fully saturated rings. The molecule has 1 aliphatic heterocycles. The number of hydrogen-bond donors (Lipinski definition) is 9. The van der Waals surface area contributed by atoms with Gasteiger partial charge >= 0.3 is 17.9 Å². The van der Waals surface area contributed by atoms with Gasteiger partial charge in [-0.05, 0) is 36.4 Å². The quantitative estimate of drug-likeness (QED) is 0.0640. The Balaban J connectivity index is 1.66. The van der Waals surface area contributed by atoms with Crippen molar-refractivity contribution in [2.24, 2.45) is 5.92 Å². The number of para-hydroxylation sites is 2. The summed E-state index contributed by atoms with van der Waals surface area (Å²) in [6.07, 6.45) is 0. The lowest BCUT2D eigenvalue weighted by Crippen LogP contribution is -2.52. The standard InChI is InChI=1S/C34H33N3O16/c1-14(2)25(41)15-9-18(28(44)24(40)10-15)31(47)37-21-13-53-33(49)19(35-29(45)16-5-3-7-22(38)26(16)42)11-51-32(48)20(12-52-34(21)50)36-30(46)17-6-4-8-23(39)27(17)43/h3-10,14,19-21,38-40,42-44H,11-13H2,1-2H3,(H,35,45)(H,36,46)(H,37,47)/t19-,20-,21-/m0/s1. The maximum Gasteiger partial charge on any atom is 0.332 e. The number of nitrogens with one attached hydrogen (secondary N) is 3. The number of benzene rings is 3. The second kappa shape index (κ2) is 16.3. The van der Waals surface area contributed by atoms with Crippen molar-refractivity contribution >= 4 is 41.4 Å². The number of amides is 3. The number of ketones is 1. The number of phenols is 6. The largest absolute Gasteiger partial charge is 0.504 e. The minimum Gasteiger partial charge on any atom is -0.504 e. The Kier molecular flexibility index (Phi) is 11.9. The maximum absolute atomic E-state index is 13.3. The average molecular weight is 740 g/mol. The van der Waals surface area contributed by atoms with Crippen LogP contribution >= 0.6 is 0 Å². The maximum atomic E-state index is 13.3. The zero-order chi connectivity index (χ0) is 39.1. The number of ether oxygens (including phenoxy) is 3. The fourth-order valence-corrected chi connectivity index (χ4v) is 4.71. The van der Waals surface area contributed by atoms with E-state index in [0.717, 1.165) is 36.4 Å². The van der Waals surface area contributed by atoms with Crippen LogP contribution < -0.4 is 16.0 Å². The fraction of sp³-hybridized carbons (Fsp3) is 0.265. The molecule has 3 aromatic carbocycles. The molecule has 0 bridgehead atoms. The van der Waals surface area contributed by atoms with Crippen LogP contribution in [0, 0.1) is 5.92 Å². The summed E-state index contributed by atoms with van der Waals surface area (Å²) in [4.78, 5) is 91.5. The summed E-state index contributed by atoms with van der Waals surface area (Å²) in [7, 11) is 0. The van der Waals surface area contributed by atoms with E-state index in [0.29, 0.717) is 0 Å². The Morgan fingerprint density at radius 2 is 0.925 bits per heavy atom. The number of Topliss-reactive ketones (excluding diaryl/α,β-unsaturated/α-hetero) is 1. The second-order valence-electron chi connectivity index (χ2n) is 11.7. The van der Waals surface area contributed by atoms with Crippen molar-refractivity contribution in [2.45, 2.75) is 32.0 Å². The zero-order valence-corrected chi connectivity index (χ0v) is 27.8. The molecule has 3 amide bonds. The molecule has 0 saturated carbocycles. The van der Waals surface area contributed by atoms with Crippen LogP contribution in [0.1, 0.15) is 55.3 Å². The molecule has 0 aliphatic carbocycles. The topological polar surface area (TPSA) is 305 Å². The molecule has 19 nitrogen and oxygen atoms in total. The summed E-state index contributed by atoms with van der Waals surface area (Å²) < 4.78 is 15.4. The van der Waals surface area contributed by atoms with Crippen LogP contribution in [0.3, 0.4) is 0 Å². The van der Waals surface area contributed by atoms with Crippen molar-refractivity contribution in [2.75, 3.05) is 19.8 Å². The Morgan fingerprint density at radius 3 is 1.30 bits per heavy atom. The van der Waals surface area contributed by atoms with Crippen molar-refractivity contribution in [3.05, 3.63) is 70.8 Å². The molecule has 9 N–H and O–H groups in total. The van der Waals surface area contributed by atoms with Gasteiger partial charge in [0.05, 0.1) is 16.7 Å². The molecule has 1 heterocycles. The molecule has 53 heavy (non-hydrogen) atoms. The van der Waals surface area contributed by atoms with E-state index < -0.39 is 136 Å². The Labute approximate surface area is 298 Å². The highest BCUT2D eigenvalue weighted by Crippen LogP contribution is 2.32. The third-order valence-corrected chi connectivity index (χ3v) is 7.61. The van der Waals surface area contributed by atoms with E-state index in [4.69, 9.17) is 14.2 Å². The summed E-state index contributed by atoms with van der Waals surface area (Å²) in [5.74, 6) is -13.7. The SMILES string of the molecule is CC(C)C(=O)c1cc(O)c(O)c(C(=O)N[C@H]2COC(=O)[C@@H](NC(=O)c3cccc(O)c3O)COC(=O)[C@@H](NC(=O)c3cccc(O)c3O)COC2=O)c1. The first-order valence-corrected chi connectivity index (χ1v) is 15.5. The number of carbonyl (C=O) groups excluding carboxylic acids is 7. The lowest BCUT2D eigenvalue weighted by molar-refractivity contribution is -0.160. The third kappa shape index (κ3) is 9.01. The summed E-state index contributed by atoms with van der Waals surface area (Å²) in [5.41, 5.74) is -1.86. The van der Waals surface area contributed by atoms with Crippen LogP contribution in [-0.2, 0) is 28.6 Å². The van der Waals surface area contributed by atoms with E-state index in [-0.39, 0.29) is 5.56 Å². The van der Waals surface area contributed by atoms with Crippen LogP contribution in [0.15, 0.2) is 48.5 Å². The van der Waals surface area contributed by atoms with Crippen molar-refractivity contribution in [3.63, 3.8) is 0 Å². The predicted octanol–water partition coefficient (Wildman–Crippen LogP) is 0.0977. The minimum atomic E-state index is -1.94. The number of phenolic OH excluding ortho intramolecular Hbond substituents is 6. The zero-order valence-electron chi connectivity index (χ0n) is 27.8. The molecule has 1 aliphatic rings. The van der Waals surface area contributed by atoms with E-state index in [2.05, 4.69) is 16.0 Å². The number of hydrogen-bond acceptors (Lipinski definition) is 16. The lowest BCUT2D eigenvalue weighted by Gasteiger charge is -2.25. The van der Waals surface area contributed by atoms with E-state index in [9.17, 15) is 64.2 Å². The normalized spacial score (nSPS) is 17.9. The Bertz CT molecular complexity index is 1910. The minimum absolute atomic E-state index is 0.167. The molecule has 4 rings (SSSR count). The van der Waals surface area contributed by atoms with E-state index >= 15 is 0 Å². The Hall–Kier alpha value is -7.05. The van der Waals surface area contributed by atoms with Gasteiger partial charge in [-0.1, -0.05) is 26.0 Å². The summed E-state index contributed by atoms with van der Waals surface area (Å²) in [6, 6.07) is 2.86. The fourth-order valence-electron chi connectivity index (χ4n) is 4.71. The first kappa shape index (κ1) is 38.7. The van der Waals surface area contributed by atoms with Gasteiger partial charge in [-0.3, -0.25) is 19.2 Å². The Morgan fingerprint density at radius 1 is 0.566 bits per heavy atom. The van der Waals surface area contributed by atoms with Gasteiger partial charge in [0.15, 0.2) is 58.4 Å². The van der Waals surface area contributed by atoms with Gasteiger partial charge < -0.3 is 60.8 Å². The molecule has 3 aromatic rings. The van der Waals surface area contributed by atoms with Crippen LogP contribution in [0.25, 0.3) is 0 Å². The number of cyclic esters (lactones) is 3. The van der Waals surface area contributed by atoms with E-state index in [1.54, 1.807) is 13.8 Å². The first-order valence-electron chi connectivity index (χ1n) is 15.5. The molecular weight excluding hydrogens is 706 g/mol. The smallest absolute Gasteiger partial charge is 0.332 e. The van der Waals surface area contributed by atoms with Gasteiger partial charge in [-0.25, -0.2) is 14.4 Å². The average Bonchev–Trinajstić information content (AvgIpc) is 3.11. The molecule has 19 heteroatoms. The summed E-state index contributed by atoms with van der Waals surface area (Å²) >= 11 is 0. The monoisotopic (exact) mass is 739 g/mol. The van der Waals surface area contributed by atoms with Crippen molar-refractivity contribution in [3.8, 4) is 34.5 Å². The third-order valence-electron chi connectivity index (χ3n) is 7.61. The summed E-state index contributed by atoms with van der Waals surface area (Å²) in [6.45, 7) is 0.0819. The lowest BCUT2D eigenvalue weighted by atomic mass is 9.98. The molecule has 3 atom stereocenters. The highest BCUT2D eigenvalue weighted by molar-refractivity contribution is 6.05. The number of carbonyl (C=O) groups is 7.